The number of nitrogens with zero attached hydrogens (tertiary/aromatic N) is 2. The smallest absolute Gasteiger partial charge is 0.272 e. The Morgan fingerprint density at radius 2 is 1.93 bits per heavy atom. The molecule has 148 valence electrons. The van der Waals surface area contributed by atoms with Crippen LogP contribution in [-0.2, 0) is 4.79 Å². The standard InChI is InChI=1S/C20H17N3O5S/c1-12-3-4-15(9-18(12)23(26)27)17-11-29-20(21-17)22-19(25)10-28-16-7-5-14(6-8-16)13(2)24/h3-9,11H,10H2,1-2H3,(H,21,22,25). The van der Waals surface area contributed by atoms with Crippen LogP contribution in [0.25, 0.3) is 11.3 Å². The molecule has 0 fully saturated rings. The van der Waals surface area contributed by atoms with Gasteiger partial charge in [-0.25, -0.2) is 4.98 Å². The Morgan fingerprint density at radius 1 is 1.21 bits per heavy atom. The number of hydrogen-bond acceptors (Lipinski definition) is 7. The summed E-state index contributed by atoms with van der Waals surface area (Å²) in [5, 5.41) is 15.8. The lowest BCUT2D eigenvalue weighted by Gasteiger charge is -2.06. The lowest BCUT2D eigenvalue weighted by molar-refractivity contribution is -0.385. The van der Waals surface area contributed by atoms with Gasteiger partial charge in [0.25, 0.3) is 11.6 Å². The second kappa shape index (κ2) is 8.61. The molecule has 8 nitrogen and oxygen atoms in total. The maximum Gasteiger partial charge on any atom is 0.272 e. The fraction of sp³-hybridized carbons (Fsp3) is 0.150. The first-order valence-electron chi connectivity index (χ1n) is 8.58. The zero-order valence-electron chi connectivity index (χ0n) is 15.7. The van der Waals surface area contributed by atoms with Crippen molar-refractivity contribution in [3.8, 4) is 17.0 Å². The van der Waals surface area contributed by atoms with Gasteiger partial charge < -0.3 is 4.74 Å². The minimum atomic E-state index is -0.436. The highest BCUT2D eigenvalue weighted by molar-refractivity contribution is 7.14. The molecular formula is C20H17N3O5S. The molecule has 1 amide bonds. The van der Waals surface area contributed by atoms with E-state index in [0.717, 1.165) is 0 Å². The van der Waals surface area contributed by atoms with Gasteiger partial charge in [0.2, 0.25) is 0 Å². The average Bonchev–Trinajstić information content (AvgIpc) is 3.15. The zero-order valence-corrected chi connectivity index (χ0v) is 16.5. The van der Waals surface area contributed by atoms with Crippen LogP contribution in [-0.4, -0.2) is 28.2 Å². The number of nitro groups is 1. The number of ketones is 1. The molecule has 0 aliphatic carbocycles. The first kappa shape index (κ1) is 20.2. The average molecular weight is 411 g/mol. The van der Waals surface area contributed by atoms with Gasteiger partial charge in [-0.2, -0.15) is 0 Å². The normalized spacial score (nSPS) is 10.4. The Hall–Kier alpha value is -3.59. The number of nitro benzene ring substituents is 1. The third kappa shape index (κ3) is 5.02. The van der Waals surface area contributed by atoms with Crippen LogP contribution in [0.5, 0.6) is 5.75 Å². The molecule has 0 atom stereocenters. The van der Waals surface area contributed by atoms with Gasteiger partial charge in [-0.3, -0.25) is 25.0 Å². The number of anilines is 1. The fourth-order valence-corrected chi connectivity index (χ4v) is 3.26. The van der Waals surface area contributed by atoms with E-state index in [2.05, 4.69) is 10.3 Å². The minimum absolute atomic E-state index is 0.0188. The quantitative estimate of drug-likeness (QED) is 0.353. The first-order chi connectivity index (χ1) is 13.8. The molecule has 0 radical (unpaired) electrons. The molecule has 0 saturated carbocycles. The lowest BCUT2D eigenvalue weighted by Crippen LogP contribution is -2.20. The highest BCUT2D eigenvalue weighted by Gasteiger charge is 2.14. The summed E-state index contributed by atoms with van der Waals surface area (Å²) in [6.45, 7) is 2.92. The molecule has 1 aromatic heterocycles. The number of benzene rings is 2. The number of carbonyl (C=O) groups excluding carboxylic acids is 2. The van der Waals surface area contributed by atoms with Crippen LogP contribution in [0.15, 0.2) is 47.8 Å². The monoisotopic (exact) mass is 411 g/mol. The van der Waals surface area contributed by atoms with Crippen molar-refractivity contribution in [2.75, 3.05) is 11.9 Å². The van der Waals surface area contributed by atoms with Gasteiger partial charge in [-0.1, -0.05) is 12.1 Å². The van der Waals surface area contributed by atoms with Crippen molar-refractivity contribution >= 4 is 33.8 Å². The molecule has 0 spiro atoms. The van der Waals surface area contributed by atoms with Gasteiger partial charge in [0, 0.05) is 28.1 Å². The van der Waals surface area contributed by atoms with Crippen molar-refractivity contribution in [3.63, 3.8) is 0 Å². The highest BCUT2D eigenvalue weighted by atomic mass is 32.1. The Bertz CT molecular complexity index is 1080. The number of nitrogens with one attached hydrogen (secondary N) is 1. The molecule has 0 unspecified atom stereocenters. The van der Waals surface area contributed by atoms with Crippen LogP contribution < -0.4 is 10.1 Å². The maximum absolute atomic E-state index is 12.1. The highest BCUT2D eigenvalue weighted by Crippen LogP contribution is 2.29. The fourth-order valence-electron chi connectivity index (χ4n) is 2.52. The Morgan fingerprint density at radius 3 is 2.59 bits per heavy atom. The number of thiazole rings is 1. The lowest BCUT2D eigenvalue weighted by atomic mass is 10.1. The Balaban J connectivity index is 1.61. The summed E-state index contributed by atoms with van der Waals surface area (Å²) in [5.41, 5.74) is 2.28. The van der Waals surface area contributed by atoms with Crippen LogP contribution in [0, 0.1) is 17.0 Å². The molecule has 2 aromatic carbocycles. The summed E-state index contributed by atoms with van der Waals surface area (Å²) in [5.74, 6) is 0.0288. The van der Waals surface area contributed by atoms with Crippen LogP contribution in [0.1, 0.15) is 22.8 Å². The Labute approximate surface area is 170 Å². The molecule has 1 heterocycles. The van der Waals surface area contributed by atoms with Gasteiger partial charge in [-0.05, 0) is 38.1 Å². The number of ether oxygens (including phenoxy) is 1. The number of aryl methyl sites for hydroxylation is 1. The molecule has 3 rings (SSSR count). The summed E-state index contributed by atoms with van der Waals surface area (Å²) in [6.07, 6.45) is 0. The molecule has 3 aromatic rings. The topological polar surface area (TPSA) is 111 Å². The second-order valence-corrected chi connectivity index (χ2v) is 7.07. The minimum Gasteiger partial charge on any atom is -0.484 e. The van der Waals surface area contributed by atoms with Gasteiger partial charge in [0.15, 0.2) is 17.5 Å². The molecular weight excluding hydrogens is 394 g/mol. The summed E-state index contributed by atoms with van der Waals surface area (Å²) in [6, 6.07) is 11.4. The van der Waals surface area contributed by atoms with E-state index in [1.165, 1.54) is 24.3 Å². The van der Waals surface area contributed by atoms with Gasteiger partial charge in [0.1, 0.15) is 5.75 Å². The van der Waals surface area contributed by atoms with E-state index in [9.17, 15) is 19.7 Å². The number of amides is 1. The van der Waals surface area contributed by atoms with E-state index in [0.29, 0.717) is 33.3 Å². The van der Waals surface area contributed by atoms with E-state index in [-0.39, 0.29) is 18.1 Å². The predicted octanol–water partition coefficient (Wildman–Crippen LogP) is 4.25. The summed E-state index contributed by atoms with van der Waals surface area (Å²) in [4.78, 5) is 38.3. The molecule has 29 heavy (non-hydrogen) atoms. The third-order valence-corrected chi connectivity index (χ3v) is 4.84. The van der Waals surface area contributed by atoms with Crippen molar-refractivity contribution < 1.29 is 19.2 Å². The van der Waals surface area contributed by atoms with Crippen molar-refractivity contribution in [1.29, 1.82) is 0 Å². The first-order valence-corrected chi connectivity index (χ1v) is 9.46. The number of rotatable bonds is 7. The molecule has 0 aliphatic rings. The number of Topliss-reactive ketones (excluding diaryl/α,β-unsaturated/α-hetero) is 1. The molecule has 9 heteroatoms. The number of aromatic nitrogens is 1. The van der Waals surface area contributed by atoms with Crippen LogP contribution in [0.4, 0.5) is 10.8 Å². The van der Waals surface area contributed by atoms with Crippen molar-refractivity contribution in [3.05, 3.63) is 69.1 Å². The van der Waals surface area contributed by atoms with Gasteiger partial charge in [-0.15, -0.1) is 11.3 Å². The van der Waals surface area contributed by atoms with Gasteiger partial charge >= 0.3 is 0 Å². The maximum atomic E-state index is 12.1. The largest absolute Gasteiger partial charge is 0.484 e. The molecule has 0 aliphatic heterocycles. The second-order valence-electron chi connectivity index (χ2n) is 6.21. The molecule has 0 saturated heterocycles. The third-order valence-electron chi connectivity index (χ3n) is 4.08. The van der Waals surface area contributed by atoms with E-state index in [4.69, 9.17) is 4.74 Å². The van der Waals surface area contributed by atoms with Gasteiger partial charge in [0.05, 0.1) is 10.6 Å². The van der Waals surface area contributed by atoms with Crippen LogP contribution in [0.3, 0.4) is 0 Å². The van der Waals surface area contributed by atoms with E-state index in [1.807, 2.05) is 0 Å². The Kier molecular flexibility index (Phi) is 5.99. The predicted molar refractivity (Wildman–Crippen MR) is 110 cm³/mol. The van der Waals surface area contributed by atoms with Crippen molar-refractivity contribution in [2.45, 2.75) is 13.8 Å². The van der Waals surface area contributed by atoms with Crippen molar-refractivity contribution in [1.82, 2.24) is 4.98 Å². The van der Waals surface area contributed by atoms with Crippen molar-refractivity contribution in [2.24, 2.45) is 0 Å². The summed E-state index contributed by atoms with van der Waals surface area (Å²) < 4.78 is 5.40. The van der Waals surface area contributed by atoms with Crippen LogP contribution in [0.2, 0.25) is 0 Å². The SMILES string of the molecule is CC(=O)c1ccc(OCC(=O)Nc2nc(-c3ccc(C)c([N+](=O)[O-])c3)cs2)cc1. The molecule has 1 N–H and O–H groups in total. The number of hydrogen-bond donors (Lipinski definition) is 1. The zero-order chi connectivity index (χ0) is 21.0. The summed E-state index contributed by atoms with van der Waals surface area (Å²) in [7, 11) is 0. The van der Waals surface area contributed by atoms with E-state index in [1.54, 1.807) is 48.7 Å². The van der Waals surface area contributed by atoms with E-state index >= 15 is 0 Å². The van der Waals surface area contributed by atoms with E-state index < -0.39 is 10.8 Å². The van der Waals surface area contributed by atoms with Crippen LogP contribution >= 0.6 is 11.3 Å². The summed E-state index contributed by atoms with van der Waals surface area (Å²) >= 11 is 1.21. The molecule has 0 bridgehead atoms. The number of carbonyl (C=O) groups is 2.